The molecule has 3 aromatic rings. The van der Waals surface area contributed by atoms with Gasteiger partial charge in [0, 0.05) is 30.8 Å². The van der Waals surface area contributed by atoms with E-state index in [0.717, 1.165) is 0 Å². The van der Waals surface area contributed by atoms with Gasteiger partial charge < -0.3 is 20.2 Å². The molecule has 0 saturated carbocycles. The van der Waals surface area contributed by atoms with Crippen molar-refractivity contribution < 1.29 is 19.2 Å². The number of benzene rings is 2. The van der Waals surface area contributed by atoms with Gasteiger partial charge in [-0.15, -0.1) is 0 Å². The number of rotatable bonds is 9. The molecule has 0 fully saturated rings. The van der Waals surface area contributed by atoms with E-state index in [4.69, 9.17) is 21.1 Å². The van der Waals surface area contributed by atoms with E-state index in [9.17, 15) is 14.9 Å². The predicted molar refractivity (Wildman–Crippen MR) is 109 cm³/mol. The summed E-state index contributed by atoms with van der Waals surface area (Å²) in [6.07, 6.45) is 0. The number of non-ortho nitro benzene ring substituents is 1. The van der Waals surface area contributed by atoms with Crippen LogP contribution in [0.25, 0.3) is 11.3 Å². The number of nitrogens with one attached hydrogen (secondary N) is 2. The molecule has 0 bridgehead atoms. The standard InChI is InChI=1S/C20H18ClN3O5/c21-17-11-15(24(27)28)4-6-18(17)23-9-8-22-12-16-5-7-19(29-16)13-2-1-3-14(10-13)20(25)26/h1-7,10-11,22-23H,8-9,12H2,(H,25,26). The lowest BCUT2D eigenvalue weighted by Crippen LogP contribution is -2.21. The van der Waals surface area contributed by atoms with Crippen LogP contribution in [-0.2, 0) is 6.54 Å². The number of hydrogen-bond acceptors (Lipinski definition) is 6. The first-order chi connectivity index (χ1) is 13.9. The zero-order chi connectivity index (χ0) is 20.8. The highest BCUT2D eigenvalue weighted by molar-refractivity contribution is 6.33. The zero-order valence-electron chi connectivity index (χ0n) is 15.2. The molecular formula is C20H18ClN3O5. The van der Waals surface area contributed by atoms with Crippen molar-refractivity contribution in [1.82, 2.24) is 5.32 Å². The van der Waals surface area contributed by atoms with Crippen LogP contribution in [0.5, 0.6) is 0 Å². The van der Waals surface area contributed by atoms with Crippen LogP contribution in [0.15, 0.2) is 59.0 Å². The van der Waals surface area contributed by atoms with E-state index in [1.54, 1.807) is 30.3 Å². The van der Waals surface area contributed by atoms with Crippen molar-refractivity contribution in [3.8, 4) is 11.3 Å². The van der Waals surface area contributed by atoms with E-state index in [1.807, 2.05) is 6.07 Å². The van der Waals surface area contributed by atoms with Gasteiger partial charge in [-0.1, -0.05) is 23.7 Å². The summed E-state index contributed by atoms with van der Waals surface area (Å²) in [5.74, 6) is 0.329. The summed E-state index contributed by atoms with van der Waals surface area (Å²) < 4.78 is 5.76. The predicted octanol–water partition coefficient (Wildman–Crippen LogP) is 4.41. The third kappa shape index (κ3) is 5.34. The number of halogens is 1. The average Bonchev–Trinajstić information content (AvgIpc) is 3.17. The van der Waals surface area contributed by atoms with Gasteiger partial charge in [-0.05, 0) is 30.3 Å². The maximum Gasteiger partial charge on any atom is 0.335 e. The van der Waals surface area contributed by atoms with Crippen molar-refractivity contribution in [2.45, 2.75) is 6.54 Å². The number of carboxylic acids is 1. The second kappa shape index (κ2) is 9.22. The Bertz CT molecular complexity index is 1030. The summed E-state index contributed by atoms with van der Waals surface area (Å²) in [4.78, 5) is 21.3. The minimum absolute atomic E-state index is 0.0545. The van der Waals surface area contributed by atoms with Crippen molar-refractivity contribution in [2.75, 3.05) is 18.4 Å². The largest absolute Gasteiger partial charge is 0.478 e. The van der Waals surface area contributed by atoms with E-state index >= 15 is 0 Å². The van der Waals surface area contributed by atoms with Crippen LogP contribution in [0.4, 0.5) is 11.4 Å². The first-order valence-electron chi connectivity index (χ1n) is 8.75. The van der Waals surface area contributed by atoms with Gasteiger partial charge in [0.2, 0.25) is 0 Å². The molecule has 0 amide bonds. The SMILES string of the molecule is O=C(O)c1cccc(-c2ccc(CNCCNc3ccc([N+](=O)[O-])cc3Cl)o2)c1. The Morgan fingerprint density at radius 1 is 1.14 bits per heavy atom. The Labute approximate surface area is 171 Å². The Balaban J connectivity index is 1.48. The van der Waals surface area contributed by atoms with Crippen LogP contribution in [-0.4, -0.2) is 29.1 Å². The number of nitro benzene ring substituents is 1. The number of nitro groups is 1. The van der Waals surface area contributed by atoms with E-state index in [2.05, 4.69) is 10.6 Å². The molecule has 3 rings (SSSR count). The van der Waals surface area contributed by atoms with Gasteiger partial charge >= 0.3 is 5.97 Å². The molecule has 8 nitrogen and oxygen atoms in total. The Hall–Kier alpha value is -3.36. The van der Waals surface area contributed by atoms with Gasteiger partial charge in [0.05, 0.1) is 27.7 Å². The van der Waals surface area contributed by atoms with Crippen LogP contribution >= 0.6 is 11.6 Å². The quantitative estimate of drug-likeness (QED) is 0.269. The number of anilines is 1. The van der Waals surface area contributed by atoms with Gasteiger partial charge in [-0.3, -0.25) is 10.1 Å². The Kier molecular flexibility index (Phi) is 6.48. The highest BCUT2D eigenvalue weighted by Crippen LogP contribution is 2.26. The van der Waals surface area contributed by atoms with E-state index in [1.165, 1.54) is 18.2 Å². The number of aromatic carboxylic acids is 1. The van der Waals surface area contributed by atoms with Crippen molar-refractivity contribution in [1.29, 1.82) is 0 Å². The molecule has 29 heavy (non-hydrogen) atoms. The van der Waals surface area contributed by atoms with Crippen molar-refractivity contribution in [3.63, 3.8) is 0 Å². The Morgan fingerprint density at radius 3 is 2.69 bits per heavy atom. The first-order valence-corrected chi connectivity index (χ1v) is 9.13. The molecule has 0 unspecified atom stereocenters. The minimum atomic E-state index is -0.985. The van der Waals surface area contributed by atoms with Crippen molar-refractivity contribution in [2.24, 2.45) is 0 Å². The smallest absolute Gasteiger partial charge is 0.335 e. The normalized spacial score (nSPS) is 10.7. The van der Waals surface area contributed by atoms with Crippen LogP contribution in [0.3, 0.4) is 0 Å². The zero-order valence-corrected chi connectivity index (χ0v) is 16.0. The average molecular weight is 416 g/mol. The topological polar surface area (TPSA) is 118 Å². The van der Waals surface area contributed by atoms with Crippen LogP contribution in [0.2, 0.25) is 5.02 Å². The first kappa shape index (κ1) is 20.4. The summed E-state index contributed by atoms with van der Waals surface area (Å²) in [5.41, 5.74) is 1.47. The summed E-state index contributed by atoms with van der Waals surface area (Å²) in [7, 11) is 0. The van der Waals surface area contributed by atoms with Gasteiger partial charge in [0.15, 0.2) is 0 Å². The maximum atomic E-state index is 11.1. The molecular weight excluding hydrogens is 398 g/mol. The molecule has 2 aromatic carbocycles. The lowest BCUT2D eigenvalue weighted by Gasteiger charge is -2.08. The maximum absolute atomic E-state index is 11.1. The fourth-order valence-corrected chi connectivity index (χ4v) is 2.93. The summed E-state index contributed by atoms with van der Waals surface area (Å²) >= 11 is 6.03. The number of carboxylic acid groups (broad SMARTS) is 1. The molecule has 9 heteroatoms. The third-order valence-corrected chi connectivity index (χ3v) is 4.45. The highest BCUT2D eigenvalue weighted by atomic mass is 35.5. The van der Waals surface area contributed by atoms with Gasteiger partial charge in [-0.25, -0.2) is 4.79 Å². The summed E-state index contributed by atoms with van der Waals surface area (Å²) in [5, 5.41) is 26.4. The highest BCUT2D eigenvalue weighted by Gasteiger charge is 2.10. The van der Waals surface area contributed by atoms with Crippen molar-refractivity contribution in [3.05, 3.63) is 81.1 Å². The molecule has 0 atom stereocenters. The van der Waals surface area contributed by atoms with Gasteiger partial charge in [0.25, 0.3) is 5.69 Å². The molecule has 0 aliphatic rings. The lowest BCUT2D eigenvalue weighted by atomic mass is 10.1. The third-order valence-electron chi connectivity index (χ3n) is 4.14. The summed E-state index contributed by atoms with van der Waals surface area (Å²) in [6.45, 7) is 1.66. The number of carbonyl (C=O) groups is 1. The second-order valence-corrected chi connectivity index (χ2v) is 6.58. The molecule has 0 saturated heterocycles. The monoisotopic (exact) mass is 415 g/mol. The second-order valence-electron chi connectivity index (χ2n) is 6.18. The Morgan fingerprint density at radius 2 is 1.97 bits per heavy atom. The number of nitrogens with zero attached hydrogens (tertiary/aromatic N) is 1. The van der Waals surface area contributed by atoms with Crippen LogP contribution in [0, 0.1) is 10.1 Å². The molecule has 0 spiro atoms. The fraction of sp³-hybridized carbons (Fsp3) is 0.150. The number of furan rings is 1. The van der Waals surface area contributed by atoms with E-state index < -0.39 is 10.9 Å². The van der Waals surface area contributed by atoms with Gasteiger partial charge in [0.1, 0.15) is 11.5 Å². The van der Waals surface area contributed by atoms with Crippen molar-refractivity contribution >= 4 is 28.9 Å². The molecule has 0 aliphatic carbocycles. The summed E-state index contributed by atoms with van der Waals surface area (Å²) in [6, 6.07) is 14.5. The van der Waals surface area contributed by atoms with Crippen LogP contribution < -0.4 is 10.6 Å². The fourth-order valence-electron chi connectivity index (χ4n) is 2.69. The van der Waals surface area contributed by atoms with E-state index in [-0.39, 0.29) is 11.3 Å². The minimum Gasteiger partial charge on any atom is -0.478 e. The van der Waals surface area contributed by atoms with Crippen LogP contribution in [0.1, 0.15) is 16.1 Å². The molecule has 1 heterocycles. The molecule has 1 aromatic heterocycles. The van der Waals surface area contributed by atoms with Gasteiger partial charge in [-0.2, -0.15) is 0 Å². The molecule has 0 aliphatic heterocycles. The van der Waals surface area contributed by atoms with E-state index in [0.29, 0.717) is 47.4 Å². The molecule has 3 N–H and O–H groups in total. The molecule has 0 radical (unpaired) electrons. The number of hydrogen-bond donors (Lipinski definition) is 3. The molecule has 150 valence electrons. The lowest BCUT2D eigenvalue weighted by molar-refractivity contribution is -0.384.